The molecule has 1 aliphatic rings. The molecule has 0 bridgehead atoms. The van der Waals surface area contributed by atoms with Crippen molar-refractivity contribution in [3.05, 3.63) is 0 Å². The van der Waals surface area contributed by atoms with Crippen LogP contribution >= 0.6 is 0 Å². The number of hydrogen-bond acceptors (Lipinski definition) is 5. The molecular weight excluding hydrogens is 214 g/mol. The van der Waals surface area contributed by atoms with Crippen molar-refractivity contribution in [1.82, 2.24) is 4.90 Å². The van der Waals surface area contributed by atoms with Crippen LogP contribution < -0.4 is 0 Å². The second kappa shape index (κ2) is 4.96. The molecule has 0 spiro atoms. The van der Waals surface area contributed by atoms with Gasteiger partial charge >= 0.3 is 11.9 Å². The van der Waals surface area contributed by atoms with Crippen molar-refractivity contribution >= 4 is 17.8 Å². The van der Waals surface area contributed by atoms with Crippen molar-refractivity contribution in [1.29, 1.82) is 0 Å². The minimum atomic E-state index is -0.809. The molecule has 2 atom stereocenters. The maximum Gasteiger partial charge on any atom is 0.331 e. The van der Waals surface area contributed by atoms with Gasteiger partial charge in [-0.15, -0.1) is 0 Å². The van der Waals surface area contributed by atoms with Crippen LogP contribution in [-0.4, -0.2) is 49.0 Å². The summed E-state index contributed by atoms with van der Waals surface area (Å²) in [4.78, 5) is 35.4. The Balaban J connectivity index is 2.72. The number of amides is 1. The Morgan fingerprint density at radius 2 is 1.50 bits per heavy atom. The highest BCUT2D eigenvalue weighted by Crippen LogP contribution is 2.31. The minimum Gasteiger partial charge on any atom is -0.467 e. The van der Waals surface area contributed by atoms with Crippen LogP contribution in [0.4, 0.5) is 0 Å². The molecule has 0 radical (unpaired) electrons. The smallest absolute Gasteiger partial charge is 0.331 e. The maximum absolute atomic E-state index is 11.6. The van der Waals surface area contributed by atoms with E-state index >= 15 is 0 Å². The lowest BCUT2D eigenvalue weighted by Gasteiger charge is -2.01. The van der Waals surface area contributed by atoms with Gasteiger partial charge in [-0.25, -0.2) is 9.59 Å². The Labute approximate surface area is 93.5 Å². The molecule has 0 unspecified atom stereocenters. The van der Waals surface area contributed by atoms with E-state index < -0.39 is 24.0 Å². The molecular formula is C10H15NO5. The zero-order chi connectivity index (χ0) is 12.3. The third-order valence-corrected chi connectivity index (χ3v) is 2.45. The molecule has 0 aromatic rings. The number of ether oxygens (including phenoxy) is 2. The zero-order valence-corrected chi connectivity index (χ0v) is 9.56. The quantitative estimate of drug-likeness (QED) is 0.489. The topological polar surface area (TPSA) is 72.7 Å². The maximum atomic E-state index is 11.6. The van der Waals surface area contributed by atoms with Crippen LogP contribution in [-0.2, 0) is 23.9 Å². The first kappa shape index (κ1) is 12.5. The van der Waals surface area contributed by atoms with Crippen molar-refractivity contribution < 1.29 is 23.9 Å². The summed E-state index contributed by atoms with van der Waals surface area (Å²) in [5, 5.41) is 0. The summed E-state index contributed by atoms with van der Waals surface area (Å²) in [5.41, 5.74) is 0. The van der Waals surface area contributed by atoms with Gasteiger partial charge in [0.1, 0.15) is 0 Å². The summed E-state index contributed by atoms with van der Waals surface area (Å²) >= 11 is 0. The SMILES string of the molecule is CCCC(=O)N1[C@H](C(=O)OC)[C@H]1C(=O)OC. The van der Waals surface area contributed by atoms with E-state index in [0.717, 1.165) is 0 Å². The predicted molar refractivity (Wildman–Crippen MR) is 53.4 cm³/mol. The van der Waals surface area contributed by atoms with Gasteiger partial charge < -0.3 is 14.4 Å². The number of methoxy groups -OCH3 is 2. The van der Waals surface area contributed by atoms with Gasteiger partial charge in [-0.1, -0.05) is 6.92 Å². The number of rotatable bonds is 4. The van der Waals surface area contributed by atoms with E-state index in [4.69, 9.17) is 0 Å². The van der Waals surface area contributed by atoms with Crippen LogP contribution in [0.15, 0.2) is 0 Å². The van der Waals surface area contributed by atoms with Gasteiger partial charge in [-0.2, -0.15) is 0 Å². The van der Waals surface area contributed by atoms with E-state index in [0.29, 0.717) is 12.8 Å². The standard InChI is InChI=1S/C10H15NO5/c1-4-5-6(12)11-7(9(13)15-2)8(11)10(14)16-3/h7-8H,4-5H2,1-3H3/t7-,8-/m0/s1. The fourth-order valence-corrected chi connectivity index (χ4v) is 1.61. The normalized spacial score (nSPS) is 22.6. The van der Waals surface area contributed by atoms with Crippen LogP contribution in [0.2, 0.25) is 0 Å². The minimum absolute atomic E-state index is 0.228. The van der Waals surface area contributed by atoms with Crippen molar-refractivity contribution in [2.24, 2.45) is 0 Å². The van der Waals surface area contributed by atoms with Gasteiger partial charge in [0.15, 0.2) is 12.1 Å². The van der Waals surface area contributed by atoms with Crippen LogP contribution in [0.1, 0.15) is 19.8 Å². The van der Waals surface area contributed by atoms with Gasteiger partial charge in [0, 0.05) is 6.42 Å². The van der Waals surface area contributed by atoms with Crippen molar-refractivity contribution in [2.45, 2.75) is 31.8 Å². The molecule has 1 fully saturated rings. The lowest BCUT2D eigenvalue weighted by atomic mass is 10.3. The Morgan fingerprint density at radius 1 is 1.06 bits per heavy atom. The van der Waals surface area contributed by atoms with E-state index in [1.54, 1.807) is 0 Å². The highest BCUT2D eigenvalue weighted by atomic mass is 16.5. The predicted octanol–water partition coefficient (Wildman–Crippen LogP) is -0.288. The molecule has 6 heteroatoms. The monoisotopic (exact) mass is 229 g/mol. The molecule has 90 valence electrons. The molecule has 1 heterocycles. The number of carbonyl (C=O) groups is 3. The van der Waals surface area contributed by atoms with Crippen LogP contribution in [0.5, 0.6) is 0 Å². The van der Waals surface area contributed by atoms with E-state index in [1.807, 2.05) is 6.92 Å². The van der Waals surface area contributed by atoms with Gasteiger partial charge in [0.2, 0.25) is 5.91 Å². The first-order chi connectivity index (χ1) is 7.58. The Kier molecular flexibility index (Phi) is 3.87. The number of esters is 2. The van der Waals surface area contributed by atoms with Crippen molar-refractivity contribution in [3.63, 3.8) is 0 Å². The summed E-state index contributed by atoms with van der Waals surface area (Å²) in [6, 6.07) is -1.62. The average Bonchev–Trinajstić information content (AvgIpc) is 3.02. The largest absolute Gasteiger partial charge is 0.467 e. The number of nitrogens with zero attached hydrogens (tertiary/aromatic N) is 1. The van der Waals surface area contributed by atoms with E-state index in [9.17, 15) is 14.4 Å². The molecule has 0 N–H and O–H groups in total. The highest BCUT2D eigenvalue weighted by molar-refractivity contribution is 6.00. The van der Waals surface area contributed by atoms with E-state index in [1.165, 1.54) is 19.1 Å². The molecule has 16 heavy (non-hydrogen) atoms. The van der Waals surface area contributed by atoms with Gasteiger partial charge in [0.05, 0.1) is 14.2 Å². The first-order valence-electron chi connectivity index (χ1n) is 5.05. The number of carbonyl (C=O) groups excluding carboxylic acids is 3. The van der Waals surface area contributed by atoms with Gasteiger partial charge in [-0.3, -0.25) is 4.79 Å². The third-order valence-electron chi connectivity index (χ3n) is 2.45. The lowest BCUT2D eigenvalue weighted by Crippen LogP contribution is -2.19. The summed E-state index contributed by atoms with van der Waals surface area (Å²) in [7, 11) is 2.44. The molecule has 0 aromatic heterocycles. The molecule has 0 aromatic carbocycles. The summed E-state index contributed by atoms with van der Waals surface area (Å²) < 4.78 is 9.03. The highest BCUT2D eigenvalue weighted by Gasteiger charge is 2.61. The Morgan fingerprint density at radius 3 is 1.81 bits per heavy atom. The second-order valence-corrected chi connectivity index (χ2v) is 3.49. The summed E-state index contributed by atoms with van der Waals surface area (Å²) in [6.45, 7) is 1.85. The first-order valence-corrected chi connectivity index (χ1v) is 5.05. The van der Waals surface area contributed by atoms with E-state index in [2.05, 4.69) is 9.47 Å². The molecule has 1 saturated heterocycles. The van der Waals surface area contributed by atoms with E-state index in [-0.39, 0.29) is 5.91 Å². The average molecular weight is 229 g/mol. The van der Waals surface area contributed by atoms with Gasteiger partial charge in [-0.05, 0) is 6.42 Å². The second-order valence-electron chi connectivity index (χ2n) is 3.49. The summed E-state index contributed by atoms with van der Waals surface area (Å²) in [6.07, 6.45) is 0.970. The lowest BCUT2D eigenvalue weighted by molar-refractivity contribution is -0.144. The Bertz CT molecular complexity index is 292. The Hall–Kier alpha value is -1.59. The van der Waals surface area contributed by atoms with Crippen LogP contribution in [0, 0.1) is 0 Å². The summed E-state index contributed by atoms with van der Waals surface area (Å²) in [5.74, 6) is -1.40. The van der Waals surface area contributed by atoms with Crippen LogP contribution in [0.3, 0.4) is 0 Å². The third kappa shape index (κ3) is 2.15. The zero-order valence-electron chi connectivity index (χ0n) is 9.56. The molecule has 0 aliphatic carbocycles. The van der Waals surface area contributed by atoms with Crippen LogP contribution in [0.25, 0.3) is 0 Å². The van der Waals surface area contributed by atoms with Gasteiger partial charge in [0.25, 0.3) is 0 Å². The molecule has 1 amide bonds. The molecule has 6 nitrogen and oxygen atoms in total. The number of hydrogen-bond donors (Lipinski definition) is 0. The molecule has 1 aliphatic heterocycles. The molecule has 0 saturated carbocycles. The molecule has 1 rings (SSSR count). The van der Waals surface area contributed by atoms with Crippen molar-refractivity contribution in [2.75, 3.05) is 14.2 Å². The fraction of sp³-hybridized carbons (Fsp3) is 0.700. The van der Waals surface area contributed by atoms with Crippen molar-refractivity contribution in [3.8, 4) is 0 Å². The fourth-order valence-electron chi connectivity index (χ4n) is 1.61.